The van der Waals surface area contributed by atoms with Crippen LogP contribution in [0.25, 0.3) is 11.0 Å². The second-order valence-corrected chi connectivity index (χ2v) is 5.64. The van der Waals surface area contributed by atoms with Crippen LogP contribution in [0.15, 0.2) is 52.3 Å². The number of H-pyrrole nitrogens is 1. The molecular weight excluding hydrogens is 360 g/mol. The van der Waals surface area contributed by atoms with E-state index in [-0.39, 0.29) is 5.91 Å². The molecule has 6 nitrogen and oxygen atoms in total. The maximum Gasteiger partial charge on any atom is 0.271 e. The molecule has 3 aromatic rings. The van der Waals surface area contributed by atoms with Gasteiger partial charge >= 0.3 is 0 Å². The number of methoxy groups -OCH3 is 1. The highest BCUT2D eigenvalue weighted by Crippen LogP contribution is 2.21. The molecule has 116 valence electrons. The Morgan fingerprint density at radius 1 is 1.35 bits per heavy atom. The Labute approximate surface area is 140 Å². The number of carbonyl (C=O) groups excluding carboxylic acids is 1. The molecule has 7 heteroatoms. The molecule has 0 atom stereocenters. The predicted molar refractivity (Wildman–Crippen MR) is 91.8 cm³/mol. The van der Waals surface area contributed by atoms with Gasteiger partial charge in [0.15, 0.2) is 0 Å². The Kier molecular flexibility index (Phi) is 4.38. The number of halogens is 1. The van der Waals surface area contributed by atoms with Gasteiger partial charge in [-0.25, -0.2) is 10.4 Å². The van der Waals surface area contributed by atoms with Gasteiger partial charge in [0, 0.05) is 15.6 Å². The lowest BCUT2D eigenvalue weighted by atomic mass is 10.2. The van der Waals surface area contributed by atoms with Gasteiger partial charge in [0.25, 0.3) is 5.91 Å². The van der Waals surface area contributed by atoms with Gasteiger partial charge in [-0.3, -0.25) is 4.79 Å². The number of nitrogens with zero attached hydrogens (tertiary/aromatic N) is 2. The molecule has 3 rings (SSSR count). The number of rotatable bonds is 4. The lowest BCUT2D eigenvalue weighted by molar-refractivity contribution is 0.0955. The summed E-state index contributed by atoms with van der Waals surface area (Å²) in [5.41, 5.74) is 5.37. The Bertz CT molecular complexity index is 889. The van der Waals surface area contributed by atoms with Crippen molar-refractivity contribution in [2.24, 2.45) is 5.10 Å². The van der Waals surface area contributed by atoms with Crippen molar-refractivity contribution in [3.63, 3.8) is 0 Å². The maximum absolute atomic E-state index is 12.1. The van der Waals surface area contributed by atoms with Crippen molar-refractivity contribution in [2.45, 2.75) is 0 Å². The molecule has 0 unspecified atom stereocenters. The molecule has 2 aromatic carbocycles. The van der Waals surface area contributed by atoms with E-state index in [2.05, 4.69) is 36.4 Å². The van der Waals surface area contributed by atoms with E-state index in [9.17, 15) is 4.79 Å². The van der Waals surface area contributed by atoms with Crippen molar-refractivity contribution >= 4 is 39.1 Å². The van der Waals surface area contributed by atoms with E-state index in [4.69, 9.17) is 4.74 Å². The van der Waals surface area contributed by atoms with Crippen LogP contribution in [-0.2, 0) is 0 Å². The zero-order chi connectivity index (χ0) is 16.2. The van der Waals surface area contributed by atoms with Gasteiger partial charge in [-0.05, 0) is 36.4 Å². The Balaban J connectivity index is 1.74. The standard InChI is InChI=1S/C16H13BrN4O2/c1-23-15-5-3-12(17)6-11(15)8-20-21-16(22)10-2-4-13-14(7-10)19-9-18-13/h2-9H,1H3,(H,18,19)(H,21,22)/b20-8+. The number of hydrogen-bond acceptors (Lipinski definition) is 4. The second kappa shape index (κ2) is 6.62. The SMILES string of the molecule is COc1ccc(Br)cc1/C=N/NC(=O)c1ccc2nc[nH]c2c1. The molecule has 0 radical (unpaired) electrons. The molecule has 0 bridgehead atoms. The molecule has 0 fully saturated rings. The van der Waals surface area contributed by atoms with Crippen LogP contribution in [0.5, 0.6) is 5.75 Å². The third kappa shape index (κ3) is 3.40. The van der Waals surface area contributed by atoms with Crippen LogP contribution in [-0.4, -0.2) is 29.2 Å². The van der Waals surface area contributed by atoms with Crippen LogP contribution in [0, 0.1) is 0 Å². The number of benzene rings is 2. The van der Waals surface area contributed by atoms with Gasteiger partial charge < -0.3 is 9.72 Å². The molecule has 0 aliphatic carbocycles. The van der Waals surface area contributed by atoms with Crippen LogP contribution in [0.3, 0.4) is 0 Å². The van der Waals surface area contributed by atoms with Crippen LogP contribution >= 0.6 is 15.9 Å². The van der Waals surface area contributed by atoms with Crippen molar-refractivity contribution in [3.8, 4) is 5.75 Å². The zero-order valence-corrected chi connectivity index (χ0v) is 13.8. The van der Waals surface area contributed by atoms with Crippen molar-refractivity contribution in [3.05, 3.63) is 58.3 Å². The van der Waals surface area contributed by atoms with E-state index >= 15 is 0 Å². The Hall–Kier alpha value is -2.67. The second-order valence-electron chi connectivity index (χ2n) is 4.72. The summed E-state index contributed by atoms with van der Waals surface area (Å²) in [6.45, 7) is 0. The highest BCUT2D eigenvalue weighted by molar-refractivity contribution is 9.10. The van der Waals surface area contributed by atoms with Gasteiger partial charge in [0.05, 0.1) is 30.7 Å². The topological polar surface area (TPSA) is 79.4 Å². The predicted octanol–water partition coefficient (Wildman–Crippen LogP) is 3.10. The summed E-state index contributed by atoms with van der Waals surface area (Å²) < 4.78 is 6.14. The monoisotopic (exact) mass is 372 g/mol. The number of carbonyl (C=O) groups is 1. The van der Waals surface area contributed by atoms with Gasteiger partial charge in [-0.1, -0.05) is 15.9 Å². The van der Waals surface area contributed by atoms with Crippen LogP contribution in [0.2, 0.25) is 0 Å². The van der Waals surface area contributed by atoms with E-state index in [1.807, 2.05) is 18.2 Å². The third-order valence-electron chi connectivity index (χ3n) is 3.24. The lowest BCUT2D eigenvalue weighted by Gasteiger charge is -2.04. The minimum absolute atomic E-state index is 0.299. The highest BCUT2D eigenvalue weighted by atomic mass is 79.9. The summed E-state index contributed by atoms with van der Waals surface area (Å²) in [6.07, 6.45) is 3.13. The summed E-state index contributed by atoms with van der Waals surface area (Å²) in [7, 11) is 1.58. The van der Waals surface area contributed by atoms with E-state index in [0.717, 1.165) is 21.1 Å². The molecule has 0 saturated heterocycles. The number of fused-ring (bicyclic) bond motifs is 1. The summed E-state index contributed by atoms with van der Waals surface area (Å²) in [5, 5.41) is 3.98. The first-order valence-corrected chi connectivity index (χ1v) is 7.57. The first-order valence-electron chi connectivity index (χ1n) is 6.77. The molecule has 1 amide bonds. The number of ether oxygens (including phenoxy) is 1. The smallest absolute Gasteiger partial charge is 0.271 e. The fourth-order valence-corrected chi connectivity index (χ4v) is 2.49. The minimum Gasteiger partial charge on any atom is -0.496 e. The molecule has 0 aliphatic rings. The minimum atomic E-state index is -0.299. The normalized spacial score (nSPS) is 11.0. The number of imidazole rings is 1. The first-order chi connectivity index (χ1) is 11.2. The van der Waals surface area contributed by atoms with Crippen molar-refractivity contribution in [1.29, 1.82) is 0 Å². The molecule has 1 heterocycles. The maximum atomic E-state index is 12.1. The van der Waals surface area contributed by atoms with Crippen molar-refractivity contribution < 1.29 is 9.53 Å². The number of nitrogens with one attached hydrogen (secondary N) is 2. The Morgan fingerprint density at radius 3 is 3.04 bits per heavy atom. The number of hydrogen-bond donors (Lipinski definition) is 2. The molecule has 1 aromatic heterocycles. The van der Waals surface area contributed by atoms with E-state index in [0.29, 0.717) is 11.3 Å². The summed E-state index contributed by atoms with van der Waals surface area (Å²) in [5.74, 6) is 0.372. The fraction of sp³-hybridized carbons (Fsp3) is 0.0625. The highest BCUT2D eigenvalue weighted by Gasteiger charge is 2.06. The summed E-state index contributed by atoms with van der Waals surface area (Å²) >= 11 is 3.39. The first kappa shape index (κ1) is 15.2. The van der Waals surface area contributed by atoms with Crippen molar-refractivity contribution in [2.75, 3.05) is 7.11 Å². The number of aromatic nitrogens is 2. The quantitative estimate of drug-likeness (QED) is 0.545. The van der Waals surface area contributed by atoms with Gasteiger partial charge in [0.1, 0.15) is 5.75 Å². The summed E-state index contributed by atoms with van der Waals surface area (Å²) in [4.78, 5) is 19.2. The Morgan fingerprint density at radius 2 is 2.22 bits per heavy atom. The third-order valence-corrected chi connectivity index (χ3v) is 3.74. The van der Waals surface area contributed by atoms with E-state index < -0.39 is 0 Å². The zero-order valence-electron chi connectivity index (χ0n) is 12.2. The molecular formula is C16H13BrN4O2. The van der Waals surface area contributed by atoms with Gasteiger partial charge in [-0.15, -0.1) is 0 Å². The molecule has 0 saturated carbocycles. The number of amides is 1. The van der Waals surface area contributed by atoms with Gasteiger partial charge in [-0.2, -0.15) is 5.10 Å². The number of aromatic amines is 1. The van der Waals surface area contributed by atoms with E-state index in [1.54, 1.807) is 31.6 Å². The molecule has 0 spiro atoms. The van der Waals surface area contributed by atoms with Crippen LogP contribution in [0.4, 0.5) is 0 Å². The van der Waals surface area contributed by atoms with Gasteiger partial charge in [0.2, 0.25) is 0 Å². The molecule has 0 aliphatic heterocycles. The van der Waals surface area contributed by atoms with Crippen molar-refractivity contribution in [1.82, 2.24) is 15.4 Å². The molecule has 23 heavy (non-hydrogen) atoms. The van der Waals surface area contributed by atoms with Crippen LogP contribution in [0.1, 0.15) is 15.9 Å². The average Bonchev–Trinajstić information content (AvgIpc) is 3.02. The largest absolute Gasteiger partial charge is 0.496 e. The average molecular weight is 373 g/mol. The fourth-order valence-electron chi connectivity index (χ4n) is 2.11. The number of hydrazone groups is 1. The molecule has 2 N–H and O–H groups in total. The summed E-state index contributed by atoms with van der Waals surface area (Å²) in [6, 6.07) is 10.8. The lowest BCUT2D eigenvalue weighted by Crippen LogP contribution is -2.17. The van der Waals surface area contributed by atoms with E-state index in [1.165, 1.54) is 6.21 Å². The van der Waals surface area contributed by atoms with Crippen LogP contribution < -0.4 is 10.2 Å².